The summed E-state index contributed by atoms with van der Waals surface area (Å²) in [5.74, 6) is 7.63. The molecule has 1 amide bonds. The lowest BCUT2D eigenvalue weighted by molar-refractivity contribution is -0.128. The topological polar surface area (TPSA) is 77.0 Å². The van der Waals surface area contributed by atoms with Gasteiger partial charge in [-0.05, 0) is 48.9 Å². The van der Waals surface area contributed by atoms with Crippen molar-refractivity contribution in [2.24, 2.45) is 11.8 Å². The third kappa shape index (κ3) is 6.51. The van der Waals surface area contributed by atoms with Crippen LogP contribution >= 0.6 is 11.8 Å². The number of carbonyl (C=O) groups is 1. The molecule has 8 heteroatoms. The highest BCUT2D eigenvalue weighted by Crippen LogP contribution is 2.22. The van der Waals surface area contributed by atoms with Crippen LogP contribution in [0.3, 0.4) is 0 Å². The number of nitrogens with two attached hydrogens (primary N) is 1. The van der Waals surface area contributed by atoms with Crippen LogP contribution in [0.15, 0.2) is 29.4 Å². The van der Waals surface area contributed by atoms with Crippen molar-refractivity contribution >= 4 is 17.7 Å². The highest BCUT2D eigenvalue weighted by molar-refractivity contribution is 7.99. The molecule has 0 bridgehead atoms. The van der Waals surface area contributed by atoms with E-state index in [4.69, 9.17) is 5.84 Å². The van der Waals surface area contributed by atoms with Gasteiger partial charge in [0.15, 0.2) is 5.82 Å². The van der Waals surface area contributed by atoms with Crippen molar-refractivity contribution in [2.45, 2.75) is 45.7 Å². The first-order valence-corrected chi connectivity index (χ1v) is 10.6. The van der Waals surface area contributed by atoms with E-state index >= 15 is 0 Å². The summed E-state index contributed by atoms with van der Waals surface area (Å²) < 4.78 is 14.4. The Morgan fingerprint density at radius 1 is 1.11 bits per heavy atom. The average molecular weight is 408 g/mol. The van der Waals surface area contributed by atoms with Gasteiger partial charge < -0.3 is 10.7 Å². The molecule has 1 aromatic heterocycles. The highest BCUT2D eigenvalue weighted by Gasteiger charge is 2.18. The van der Waals surface area contributed by atoms with Gasteiger partial charge in [-0.1, -0.05) is 39.5 Å². The fraction of sp³-hybridized carbons (Fsp3) is 0.550. The van der Waals surface area contributed by atoms with E-state index in [1.165, 1.54) is 28.6 Å². The maximum atomic E-state index is 13.1. The Kier molecular flexibility index (Phi) is 8.29. The number of nitrogen functional groups attached to an aromatic ring is 1. The summed E-state index contributed by atoms with van der Waals surface area (Å²) in [5.41, 5.74) is 0.671. The molecule has 0 saturated carbocycles. The zero-order chi connectivity index (χ0) is 20.7. The SMILES string of the molecule is CC(C)CCN(CCC(C)C)C(=O)CSc1nnc(-c2ccc(F)cc2)n1N. The van der Waals surface area contributed by atoms with Gasteiger partial charge in [0.1, 0.15) is 5.82 Å². The molecule has 0 aliphatic rings. The van der Waals surface area contributed by atoms with Crippen molar-refractivity contribution in [1.29, 1.82) is 0 Å². The Bertz CT molecular complexity index is 748. The normalized spacial score (nSPS) is 11.4. The molecular formula is C20H30FN5OS. The average Bonchev–Trinajstić information content (AvgIpc) is 3.00. The molecule has 2 aromatic rings. The number of nitrogens with zero attached hydrogens (tertiary/aromatic N) is 4. The van der Waals surface area contributed by atoms with Gasteiger partial charge in [-0.3, -0.25) is 4.79 Å². The Morgan fingerprint density at radius 3 is 2.21 bits per heavy atom. The van der Waals surface area contributed by atoms with Crippen LogP contribution < -0.4 is 5.84 Å². The van der Waals surface area contributed by atoms with Gasteiger partial charge in [0.25, 0.3) is 0 Å². The second kappa shape index (κ2) is 10.5. The Balaban J connectivity index is 2.00. The van der Waals surface area contributed by atoms with Gasteiger partial charge in [0.05, 0.1) is 5.75 Å². The molecule has 1 heterocycles. The summed E-state index contributed by atoms with van der Waals surface area (Å²) in [6, 6.07) is 5.90. The number of carbonyl (C=O) groups excluding carboxylic acids is 1. The molecule has 0 spiro atoms. The lowest BCUT2D eigenvalue weighted by Crippen LogP contribution is -2.35. The number of thioether (sulfide) groups is 1. The summed E-state index contributed by atoms with van der Waals surface area (Å²) in [4.78, 5) is 14.7. The minimum absolute atomic E-state index is 0.0811. The summed E-state index contributed by atoms with van der Waals surface area (Å²) in [6.07, 6.45) is 1.96. The number of hydrogen-bond acceptors (Lipinski definition) is 5. The molecule has 0 unspecified atom stereocenters. The third-order valence-electron chi connectivity index (χ3n) is 4.40. The molecule has 0 fully saturated rings. The summed E-state index contributed by atoms with van der Waals surface area (Å²) in [5, 5.41) is 8.62. The van der Waals surface area contributed by atoms with Crippen LogP contribution in [0.2, 0.25) is 0 Å². The molecule has 28 heavy (non-hydrogen) atoms. The van der Waals surface area contributed by atoms with Crippen LogP contribution in [0.4, 0.5) is 4.39 Å². The zero-order valence-corrected chi connectivity index (χ0v) is 17.9. The number of hydrogen-bond donors (Lipinski definition) is 1. The standard InChI is InChI=1S/C20H30FN5OS/c1-14(2)9-11-25(12-10-15(3)4)18(27)13-28-20-24-23-19(26(20)22)16-5-7-17(21)8-6-16/h5-8,14-15H,9-13,22H2,1-4H3. The molecule has 6 nitrogen and oxygen atoms in total. The molecule has 0 saturated heterocycles. The predicted molar refractivity (Wildman–Crippen MR) is 112 cm³/mol. The van der Waals surface area contributed by atoms with E-state index in [9.17, 15) is 9.18 Å². The quantitative estimate of drug-likeness (QED) is 0.479. The van der Waals surface area contributed by atoms with Crippen LogP contribution in [0, 0.1) is 17.7 Å². The van der Waals surface area contributed by atoms with E-state index in [2.05, 4.69) is 37.9 Å². The molecule has 0 atom stereocenters. The molecule has 1 aromatic carbocycles. The summed E-state index contributed by atoms with van der Waals surface area (Å²) in [6.45, 7) is 10.2. The fourth-order valence-electron chi connectivity index (χ4n) is 2.58. The molecule has 0 aliphatic heterocycles. The number of rotatable bonds is 10. The Morgan fingerprint density at radius 2 is 1.68 bits per heavy atom. The highest BCUT2D eigenvalue weighted by atomic mass is 32.2. The van der Waals surface area contributed by atoms with Crippen LogP contribution in [-0.2, 0) is 4.79 Å². The van der Waals surface area contributed by atoms with Crippen molar-refractivity contribution in [3.05, 3.63) is 30.1 Å². The maximum Gasteiger partial charge on any atom is 0.233 e. The van der Waals surface area contributed by atoms with Crippen LogP contribution in [0.25, 0.3) is 11.4 Å². The van der Waals surface area contributed by atoms with Gasteiger partial charge in [0, 0.05) is 18.7 Å². The summed E-state index contributed by atoms with van der Waals surface area (Å²) >= 11 is 1.27. The van der Waals surface area contributed by atoms with E-state index in [-0.39, 0.29) is 17.5 Å². The van der Waals surface area contributed by atoms with Crippen molar-refractivity contribution in [2.75, 3.05) is 24.7 Å². The number of aromatic nitrogens is 3. The van der Waals surface area contributed by atoms with Gasteiger partial charge in [0.2, 0.25) is 11.1 Å². The lowest BCUT2D eigenvalue weighted by Gasteiger charge is -2.24. The largest absolute Gasteiger partial charge is 0.342 e. The van der Waals surface area contributed by atoms with Crippen molar-refractivity contribution in [1.82, 2.24) is 19.8 Å². The van der Waals surface area contributed by atoms with E-state index in [1.807, 2.05) is 4.90 Å². The van der Waals surface area contributed by atoms with E-state index < -0.39 is 0 Å². The molecule has 2 rings (SSSR count). The summed E-state index contributed by atoms with van der Waals surface area (Å²) in [7, 11) is 0. The number of halogens is 1. The monoisotopic (exact) mass is 407 g/mol. The Hall–Kier alpha value is -2.09. The van der Waals surface area contributed by atoms with Crippen molar-refractivity contribution < 1.29 is 9.18 Å². The second-order valence-electron chi connectivity index (χ2n) is 7.72. The predicted octanol–water partition coefficient (Wildman–Crippen LogP) is 3.81. The number of benzene rings is 1. The Labute approximate surface area is 170 Å². The van der Waals surface area contributed by atoms with Crippen LogP contribution in [0.1, 0.15) is 40.5 Å². The van der Waals surface area contributed by atoms with Gasteiger partial charge in [-0.2, -0.15) is 0 Å². The smallest absolute Gasteiger partial charge is 0.233 e. The minimum atomic E-state index is -0.324. The molecular weight excluding hydrogens is 377 g/mol. The maximum absolute atomic E-state index is 13.1. The second-order valence-corrected chi connectivity index (χ2v) is 8.66. The first-order chi connectivity index (χ1) is 13.3. The lowest BCUT2D eigenvalue weighted by atomic mass is 10.1. The zero-order valence-electron chi connectivity index (χ0n) is 17.1. The van der Waals surface area contributed by atoms with E-state index in [0.29, 0.717) is 28.4 Å². The molecule has 2 N–H and O–H groups in total. The van der Waals surface area contributed by atoms with Crippen LogP contribution in [0.5, 0.6) is 0 Å². The van der Waals surface area contributed by atoms with E-state index in [0.717, 1.165) is 25.9 Å². The number of amides is 1. The van der Waals surface area contributed by atoms with E-state index in [1.54, 1.807) is 12.1 Å². The van der Waals surface area contributed by atoms with Crippen LogP contribution in [-0.4, -0.2) is 44.5 Å². The third-order valence-corrected chi connectivity index (χ3v) is 5.32. The minimum Gasteiger partial charge on any atom is -0.342 e. The van der Waals surface area contributed by atoms with Gasteiger partial charge >= 0.3 is 0 Å². The van der Waals surface area contributed by atoms with Crippen molar-refractivity contribution in [3.8, 4) is 11.4 Å². The van der Waals surface area contributed by atoms with Gasteiger partial charge in [-0.25, -0.2) is 9.07 Å². The molecule has 0 radical (unpaired) electrons. The molecule has 0 aliphatic carbocycles. The first kappa shape index (κ1) is 22.2. The first-order valence-electron chi connectivity index (χ1n) is 9.65. The molecule has 154 valence electrons. The fourth-order valence-corrected chi connectivity index (χ4v) is 3.34. The van der Waals surface area contributed by atoms with Crippen molar-refractivity contribution in [3.63, 3.8) is 0 Å². The van der Waals surface area contributed by atoms with Gasteiger partial charge in [-0.15, -0.1) is 10.2 Å².